The lowest BCUT2D eigenvalue weighted by atomic mass is 9.81. The molecule has 0 heterocycles. The highest BCUT2D eigenvalue weighted by molar-refractivity contribution is 7.92. The zero-order valence-corrected chi connectivity index (χ0v) is 11.8. The number of hydrogen-bond acceptors (Lipinski definition) is 3. The van der Waals surface area contributed by atoms with Gasteiger partial charge in [0.15, 0.2) is 9.84 Å². The summed E-state index contributed by atoms with van der Waals surface area (Å²) in [7, 11) is -3.27. The van der Waals surface area contributed by atoms with Gasteiger partial charge in [-0.3, -0.25) is 0 Å². The largest absolute Gasteiger partial charge is 0.398 e. The van der Waals surface area contributed by atoms with Crippen LogP contribution in [0.2, 0.25) is 0 Å². The molecule has 0 spiro atoms. The van der Waals surface area contributed by atoms with Crippen molar-refractivity contribution < 1.29 is 8.42 Å². The number of nitrogens with two attached hydrogens (primary N) is 1. The molecule has 3 atom stereocenters. The molecule has 0 aliphatic heterocycles. The highest BCUT2D eigenvalue weighted by atomic mass is 32.2. The third-order valence-electron chi connectivity index (χ3n) is 4.21. The van der Waals surface area contributed by atoms with Crippen LogP contribution in [-0.4, -0.2) is 13.7 Å². The lowest BCUT2D eigenvalue weighted by Crippen LogP contribution is -2.31. The number of para-hydroxylation sites is 1. The topological polar surface area (TPSA) is 60.2 Å². The average Bonchev–Trinajstić information content (AvgIpc) is 2.33. The maximum Gasteiger partial charge on any atom is 0.183 e. The molecule has 0 radical (unpaired) electrons. The first kappa shape index (κ1) is 13.4. The molecule has 1 fully saturated rings. The quantitative estimate of drug-likeness (QED) is 0.838. The molecule has 1 aromatic rings. The van der Waals surface area contributed by atoms with Crippen molar-refractivity contribution in [1.82, 2.24) is 0 Å². The number of sulfone groups is 1. The molecule has 3 unspecified atom stereocenters. The summed E-state index contributed by atoms with van der Waals surface area (Å²) >= 11 is 0. The van der Waals surface area contributed by atoms with Gasteiger partial charge >= 0.3 is 0 Å². The summed E-state index contributed by atoms with van der Waals surface area (Å²) in [5, 5.41) is -0.270. The standard InChI is InChI=1S/C14H21NO2S/c1-10-7-8-12(9-11(10)2)18(16,17)14-6-4-3-5-13(14)15/h3-6,10-12H,7-9,15H2,1-2H3. The van der Waals surface area contributed by atoms with Crippen LogP contribution < -0.4 is 5.73 Å². The van der Waals surface area contributed by atoms with Crippen LogP contribution in [0.1, 0.15) is 33.1 Å². The SMILES string of the molecule is CC1CCC(S(=O)(=O)c2ccccc2N)CC1C. The second-order valence-corrected chi connectivity index (χ2v) is 7.67. The predicted octanol–water partition coefficient (Wildman–Crippen LogP) is 2.87. The highest BCUT2D eigenvalue weighted by Crippen LogP contribution is 2.36. The van der Waals surface area contributed by atoms with Crippen molar-refractivity contribution in [2.75, 3.05) is 5.73 Å². The molecule has 0 amide bonds. The fourth-order valence-corrected chi connectivity index (χ4v) is 4.73. The van der Waals surface area contributed by atoms with Gasteiger partial charge in [-0.25, -0.2) is 8.42 Å². The molecule has 4 heteroatoms. The van der Waals surface area contributed by atoms with Crippen molar-refractivity contribution >= 4 is 15.5 Å². The Bertz CT molecular complexity index is 524. The molecule has 1 saturated carbocycles. The summed E-state index contributed by atoms with van der Waals surface area (Å²) in [5.74, 6) is 1.08. The van der Waals surface area contributed by atoms with Gasteiger partial charge in [-0.2, -0.15) is 0 Å². The minimum Gasteiger partial charge on any atom is -0.398 e. The molecule has 3 nitrogen and oxygen atoms in total. The third kappa shape index (κ3) is 2.39. The van der Waals surface area contributed by atoms with Crippen molar-refractivity contribution in [3.05, 3.63) is 24.3 Å². The van der Waals surface area contributed by atoms with Crippen LogP contribution in [0, 0.1) is 11.8 Å². The van der Waals surface area contributed by atoms with Crippen molar-refractivity contribution in [2.45, 2.75) is 43.3 Å². The van der Waals surface area contributed by atoms with Crippen LogP contribution in [0.25, 0.3) is 0 Å². The summed E-state index contributed by atoms with van der Waals surface area (Å²) < 4.78 is 25.2. The summed E-state index contributed by atoms with van der Waals surface area (Å²) in [6.45, 7) is 4.34. The Morgan fingerprint density at radius 2 is 1.78 bits per heavy atom. The second-order valence-electron chi connectivity index (χ2n) is 5.47. The van der Waals surface area contributed by atoms with E-state index in [1.807, 2.05) is 0 Å². The van der Waals surface area contributed by atoms with Gasteiger partial charge in [0, 0.05) is 0 Å². The van der Waals surface area contributed by atoms with Crippen LogP contribution in [-0.2, 0) is 9.84 Å². The minimum absolute atomic E-state index is 0.270. The average molecular weight is 267 g/mol. The molecule has 2 rings (SSSR count). The van der Waals surface area contributed by atoms with Crippen LogP contribution in [0.3, 0.4) is 0 Å². The second kappa shape index (κ2) is 4.92. The monoisotopic (exact) mass is 267 g/mol. The van der Waals surface area contributed by atoms with Gasteiger partial charge in [0.2, 0.25) is 0 Å². The molecule has 2 N–H and O–H groups in total. The third-order valence-corrected chi connectivity index (χ3v) is 6.51. The Balaban J connectivity index is 2.30. The smallest absolute Gasteiger partial charge is 0.183 e. The Hall–Kier alpha value is -1.03. The van der Waals surface area contributed by atoms with Crippen LogP contribution in [0.15, 0.2) is 29.2 Å². The zero-order chi connectivity index (χ0) is 13.3. The van der Waals surface area contributed by atoms with Gasteiger partial charge in [-0.1, -0.05) is 26.0 Å². The van der Waals surface area contributed by atoms with E-state index in [2.05, 4.69) is 13.8 Å². The fourth-order valence-electron chi connectivity index (χ4n) is 2.70. The van der Waals surface area contributed by atoms with Crippen LogP contribution in [0.5, 0.6) is 0 Å². The first-order valence-electron chi connectivity index (χ1n) is 6.51. The van der Waals surface area contributed by atoms with E-state index in [4.69, 9.17) is 5.73 Å². The first-order valence-corrected chi connectivity index (χ1v) is 8.06. The zero-order valence-electron chi connectivity index (χ0n) is 11.0. The summed E-state index contributed by atoms with van der Waals surface area (Å²) in [6.07, 6.45) is 2.48. The van der Waals surface area contributed by atoms with Crippen molar-refractivity contribution in [3.63, 3.8) is 0 Å². The van der Waals surface area contributed by atoms with E-state index in [9.17, 15) is 8.42 Å². The van der Waals surface area contributed by atoms with Gasteiger partial charge in [0.05, 0.1) is 15.8 Å². The Morgan fingerprint density at radius 1 is 1.11 bits per heavy atom. The molecule has 0 aromatic heterocycles. The van der Waals surface area contributed by atoms with Crippen molar-refractivity contribution in [3.8, 4) is 0 Å². The molecule has 0 bridgehead atoms. The van der Waals surface area contributed by atoms with E-state index in [-0.39, 0.29) is 5.25 Å². The highest BCUT2D eigenvalue weighted by Gasteiger charge is 2.34. The number of benzene rings is 1. The van der Waals surface area contributed by atoms with Crippen molar-refractivity contribution in [1.29, 1.82) is 0 Å². The maximum absolute atomic E-state index is 12.6. The predicted molar refractivity (Wildman–Crippen MR) is 74.0 cm³/mol. The Kier molecular flexibility index (Phi) is 3.66. The van der Waals surface area contributed by atoms with Gasteiger partial charge in [-0.05, 0) is 43.2 Å². The van der Waals surface area contributed by atoms with Gasteiger partial charge < -0.3 is 5.73 Å². The lowest BCUT2D eigenvalue weighted by Gasteiger charge is -2.31. The normalized spacial score (nSPS) is 29.1. The van der Waals surface area contributed by atoms with Gasteiger partial charge in [0.25, 0.3) is 0 Å². The summed E-state index contributed by atoms with van der Waals surface area (Å²) in [6, 6.07) is 6.77. The molecule has 1 aliphatic carbocycles. The lowest BCUT2D eigenvalue weighted by molar-refractivity contribution is 0.278. The first-order chi connectivity index (χ1) is 8.43. The summed E-state index contributed by atoms with van der Waals surface area (Å²) in [4.78, 5) is 0.303. The number of rotatable bonds is 2. The minimum atomic E-state index is -3.27. The van der Waals surface area contributed by atoms with E-state index < -0.39 is 9.84 Å². The summed E-state index contributed by atoms with van der Waals surface area (Å²) in [5.41, 5.74) is 6.16. The molecule has 1 aromatic carbocycles. The van der Waals surface area contributed by atoms with Gasteiger partial charge in [0.1, 0.15) is 0 Å². The number of nitrogen functional groups attached to an aromatic ring is 1. The molecule has 18 heavy (non-hydrogen) atoms. The van der Waals surface area contributed by atoms with E-state index >= 15 is 0 Å². The van der Waals surface area contributed by atoms with E-state index in [0.29, 0.717) is 22.4 Å². The number of hydrogen-bond donors (Lipinski definition) is 1. The molecule has 1 aliphatic rings. The molecular formula is C14H21NO2S. The van der Waals surface area contributed by atoms with E-state index in [0.717, 1.165) is 19.3 Å². The van der Waals surface area contributed by atoms with E-state index in [1.165, 1.54) is 0 Å². The Morgan fingerprint density at radius 3 is 2.39 bits per heavy atom. The maximum atomic E-state index is 12.6. The Labute approximate surface area is 109 Å². The van der Waals surface area contributed by atoms with Crippen LogP contribution in [0.4, 0.5) is 5.69 Å². The van der Waals surface area contributed by atoms with Gasteiger partial charge in [-0.15, -0.1) is 0 Å². The molecule has 0 saturated heterocycles. The number of anilines is 1. The van der Waals surface area contributed by atoms with Crippen molar-refractivity contribution in [2.24, 2.45) is 11.8 Å². The molecule has 100 valence electrons. The fraction of sp³-hybridized carbons (Fsp3) is 0.571. The van der Waals surface area contributed by atoms with Crippen LogP contribution >= 0.6 is 0 Å². The van der Waals surface area contributed by atoms with E-state index in [1.54, 1.807) is 24.3 Å². The molecular weight excluding hydrogens is 246 g/mol.